The SMILES string of the molecule is NC1=NCC(c2cc(Cl)ccc2Cl)N1Cc1cccs1. The summed E-state index contributed by atoms with van der Waals surface area (Å²) in [5.41, 5.74) is 6.99. The number of rotatable bonds is 3. The molecule has 1 aliphatic heterocycles. The molecule has 2 N–H and O–H groups in total. The third kappa shape index (κ3) is 2.64. The minimum atomic E-state index is 0.0447. The summed E-state index contributed by atoms with van der Waals surface area (Å²) in [6.07, 6.45) is 0. The largest absolute Gasteiger partial charge is 0.370 e. The molecule has 0 saturated heterocycles. The highest BCUT2D eigenvalue weighted by atomic mass is 35.5. The predicted octanol–water partition coefficient (Wildman–Crippen LogP) is 3.93. The van der Waals surface area contributed by atoms with E-state index < -0.39 is 0 Å². The van der Waals surface area contributed by atoms with Crippen LogP contribution in [-0.4, -0.2) is 17.4 Å². The minimum Gasteiger partial charge on any atom is -0.370 e. The highest BCUT2D eigenvalue weighted by Crippen LogP contribution is 2.34. The Kier molecular flexibility index (Phi) is 3.87. The van der Waals surface area contributed by atoms with Crippen LogP contribution in [0.25, 0.3) is 0 Å². The summed E-state index contributed by atoms with van der Waals surface area (Å²) in [6.45, 7) is 1.35. The van der Waals surface area contributed by atoms with Gasteiger partial charge in [-0.2, -0.15) is 0 Å². The third-order valence-corrected chi connectivity index (χ3v) is 4.76. The number of halogens is 2. The van der Waals surface area contributed by atoms with Gasteiger partial charge in [0.2, 0.25) is 0 Å². The van der Waals surface area contributed by atoms with E-state index >= 15 is 0 Å². The van der Waals surface area contributed by atoms with Gasteiger partial charge in [-0.3, -0.25) is 4.99 Å². The zero-order valence-electron chi connectivity index (χ0n) is 10.6. The summed E-state index contributed by atoms with van der Waals surface area (Å²) in [4.78, 5) is 7.67. The van der Waals surface area contributed by atoms with E-state index in [9.17, 15) is 0 Å². The van der Waals surface area contributed by atoms with Crippen molar-refractivity contribution < 1.29 is 0 Å². The molecule has 6 heteroatoms. The van der Waals surface area contributed by atoms with Crippen LogP contribution in [0, 0.1) is 0 Å². The normalized spacial score (nSPS) is 18.4. The van der Waals surface area contributed by atoms with Gasteiger partial charge >= 0.3 is 0 Å². The zero-order chi connectivity index (χ0) is 14.1. The van der Waals surface area contributed by atoms with Crippen LogP contribution < -0.4 is 5.73 Å². The number of hydrogen-bond acceptors (Lipinski definition) is 4. The van der Waals surface area contributed by atoms with Crippen LogP contribution in [-0.2, 0) is 6.54 Å². The summed E-state index contributed by atoms with van der Waals surface area (Å²) in [6, 6.07) is 9.66. The molecule has 1 aromatic heterocycles. The standard InChI is InChI=1S/C14H13Cl2N3S/c15-9-3-4-12(16)11(6-9)13-7-18-14(17)19(13)8-10-2-1-5-20-10/h1-6,13H,7-8H2,(H2,17,18). The molecule has 3 rings (SSSR count). The van der Waals surface area contributed by atoms with Crippen molar-refractivity contribution in [2.75, 3.05) is 6.54 Å². The lowest BCUT2D eigenvalue weighted by Gasteiger charge is -2.26. The number of guanidine groups is 1. The molecule has 0 spiro atoms. The molecule has 20 heavy (non-hydrogen) atoms. The zero-order valence-corrected chi connectivity index (χ0v) is 12.9. The van der Waals surface area contributed by atoms with Crippen LogP contribution in [0.3, 0.4) is 0 Å². The first-order valence-electron chi connectivity index (χ1n) is 6.19. The maximum Gasteiger partial charge on any atom is 0.192 e. The molecule has 3 nitrogen and oxygen atoms in total. The van der Waals surface area contributed by atoms with Crippen molar-refractivity contribution in [1.29, 1.82) is 0 Å². The molecule has 0 amide bonds. The van der Waals surface area contributed by atoms with Gasteiger partial charge in [-0.15, -0.1) is 11.3 Å². The molecule has 104 valence electrons. The van der Waals surface area contributed by atoms with Crippen LogP contribution in [0.15, 0.2) is 40.7 Å². The lowest BCUT2D eigenvalue weighted by Crippen LogP contribution is -2.35. The first-order chi connectivity index (χ1) is 9.65. The molecule has 1 aliphatic rings. The van der Waals surface area contributed by atoms with E-state index in [1.165, 1.54) is 4.88 Å². The molecule has 0 saturated carbocycles. The van der Waals surface area contributed by atoms with Gasteiger partial charge in [-0.05, 0) is 35.2 Å². The molecule has 0 radical (unpaired) electrons. The predicted molar refractivity (Wildman–Crippen MR) is 85.6 cm³/mol. The van der Waals surface area contributed by atoms with Gasteiger partial charge in [0.25, 0.3) is 0 Å². The van der Waals surface area contributed by atoms with E-state index in [1.54, 1.807) is 17.4 Å². The summed E-state index contributed by atoms with van der Waals surface area (Å²) in [7, 11) is 0. The van der Waals surface area contributed by atoms with Gasteiger partial charge in [0.05, 0.1) is 19.1 Å². The quantitative estimate of drug-likeness (QED) is 0.929. The molecule has 1 aromatic carbocycles. The van der Waals surface area contributed by atoms with Gasteiger partial charge in [-0.1, -0.05) is 29.3 Å². The topological polar surface area (TPSA) is 41.6 Å². The van der Waals surface area contributed by atoms with Crippen molar-refractivity contribution in [2.24, 2.45) is 10.7 Å². The Morgan fingerprint density at radius 2 is 2.20 bits per heavy atom. The maximum absolute atomic E-state index is 6.30. The summed E-state index contributed by atoms with van der Waals surface area (Å²) in [5.74, 6) is 0.555. The first kappa shape index (κ1) is 13.7. The molecule has 1 atom stereocenters. The Labute approximate surface area is 131 Å². The Balaban J connectivity index is 1.90. The van der Waals surface area contributed by atoms with Gasteiger partial charge in [0.1, 0.15) is 0 Å². The van der Waals surface area contributed by atoms with Crippen molar-refractivity contribution >= 4 is 40.5 Å². The number of nitrogens with zero attached hydrogens (tertiary/aromatic N) is 2. The molecule has 0 fully saturated rings. The van der Waals surface area contributed by atoms with Crippen molar-refractivity contribution in [3.63, 3.8) is 0 Å². The summed E-state index contributed by atoms with van der Waals surface area (Å²) >= 11 is 14.1. The Hall–Kier alpha value is -1.23. The van der Waals surface area contributed by atoms with E-state index in [0.717, 1.165) is 12.1 Å². The Morgan fingerprint density at radius 1 is 1.35 bits per heavy atom. The third-order valence-electron chi connectivity index (χ3n) is 3.32. The number of benzene rings is 1. The van der Waals surface area contributed by atoms with Gasteiger partial charge in [0.15, 0.2) is 5.96 Å². The summed E-state index contributed by atoms with van der Waals surface area (Å²) < 4.78 is 0. The number of nitrogens with two attached hydrogens (primary N) is 1. The van der Waals surface area contributed by atoms with Gasteiger partial charge in [-0.25, -0.2) is 0 Å². The highest BCUT2D eigenvalue weighted by molar-refractivity contribution is 7.09. The first-order valence-corrected chi connectivity index (χ1v) is 7.82. The fourth-order valence-corrected chi connectivity index (χ4v) is 3.45. The maximum atomic E-state index is 6.30. The Morgan fingerprint density at radius 3 is 2.95 bits per heavy atom. The van der Waals surface area contributed by atoms with E-state index in [-0.39, 0.29) is 6.04 Å². The van der Waals surface area contributed by atoms with Crippen LogP contribution in [0.4, 0.5) is 0 Å². The minimum absolute atomic E-state index is 0.0447. The van der Waals surface area contributed by atoms with Crippen molar-refractivity contribution in [2.45, 2.75) is 12.6 Å². The van der Waals surface area contributed by atoms with E-state index in [0.29, 0.717) is 22.5 Å². The highest BCUT2D eigenvalue weighted by Gasteiger charge is 2.29. The van der Waals surface area contributed by atoms with E-state index in [2.05, 4.69) is 21.3 Å². The van der Waals surface area contributed by atoms with Crippen molar-refractivity contribution in [1.82, 2.24) is 4.90 Å². The molecule has 2 aromatic rings. The monoisotopic (exact) mass is 325 g/mol. The van der Waals surface area contributed by atoms with Gasteiger partial charge in [0, 0.05) is 14.9 Å². The number of thiophene rings is 1. The van der Waals surface area contributed by atoms with E-state index in [1.807, 2.05) is 18.2 Å². The molecule has 0 bridgehead atoms. The molecular formula is C14H13Cl2N3S. The molecule has 0 aliphatic carbocycles. The van der Waals surface area contributed by atoms with Crippen LogP contribution in [0.2, 0.25) is 10.0 Å². The average molecular weight is 326 g/mol. The number of aliphatic imine (C=N–C) groups is 1. The molecular weight excluding hydrogens is 313 g/mol. The fourth-order valence-electron chi connectivity index (χ4n) is 2.33. The van der Waals surface area contributed by atoms with Crippen LogP contribution in [0.1, 0.15) is 16.5 Å². The van der Waals surface area contributed by atoms with Crippen LogP contribution in [0.5, 0.6) is 0 Å². The van der Waals surface area contributed by atoms with Crippen molar-refractivity contribution in [3.05, 3.63) is 56.2 Å². The summed E-state index contributed by atoms with van der Waals surface area (Å²) in [5, 5.41) is 3.42. The van der Waals surface area contributed by atoms with Crippen LogP contribution >= 0.6 is 34.5 Å². The van der Waals surface area contributed by atoms with Gasteiger partial charge < -0.3 is 10.6 Å². The lowest BCUT2D eigenvalue weighted by molar-refractivity contribution is 0.343. The fraction of sp³-hybridized carbons (Fsp3) is 0.214. The average Bonchev–Trinajstić information content (AvgIpc) is 3.05. The Bertz CT molecular complexity index is 640. The smallest absolute Gasteiger partial charge is 0.192 e. The number of hydrogen-bond donors (Lipinski definition) is 1. The van der Waals surface area contributed by atoms with E-state index in [4.69, 9.17) is 28.9 Å². The van der Waals surface area contributed by atoms with Crippen molar-refractivity contribution in [3.8, 4) is 0 Å². The second-order valence-electron chi connectivity index (χ2n) is 4.59. The molecule has 1 unspecified atom stereocenters. The second-order valence-corrected chi connectivity index (χ2v) is 6.46. The lowest BCUT2D eigenvalue weighted by atomic mass is 10.1. The second kappa shape index (κ2) is 5.64. The molecule has 2 heterocycles.